The van der Waals surface area contributed by atoms with Crippen molar-refractivity contribution >= 4 is 5.84 Å². The van der Waals surface area contributed by atoms with Gasteiger partial charge in [-0.1, -0.05) is 6.92 Å². The first-order valence-electron chi connectivity index (χ1n) is 6.50. The maximum atomic E-state index is 13.5. The smallest absolute Gasteiger partial charge is 0.124 e. The molecule has 0 bridgehead atoms. The van der Waals surface area contributed by atoms with Crippen molar-refractivity contribution in [1.29, 1.82) is 5.41 Å². The molecule has 0 aromatic heterocycles. The van der Waals surface area contributed by atoms with Crippen molar-refractivity contribution in [2.24, 2.45) is 11.7 Å². The molecule has 0 spiro atoms. The van der Waals surface area contributed by atoms with Crippen LogP contribution in [0, 0.1) is 17.1 Å². The van der Waals surface area contributed by atoms with Gasteiger partial charge in [-0.15, -0.1) is 0 Å². The minimum Gasteiger partial charge on any atom is -0.395 e. The van der Waals surface area contributed by atoms with Gasteiger partial charge in [-0.05, 0) is 42.6 Å². The molecule has 0 radical (unpaired) electrons. The maximum Gasteiger partial charge on any atom is 0.124 e. The van der Waals surface area contributed by atoms with E-state index in [0.29, 0.717) is 18.0 Å². The number of halogens is 1. The summed E-state index contributed by atoms with van der Waals surface area (Å²) in [7, 11) is 0. The van der Waals surface area contributed by atoms with Gasteiger partial charge >= 0.3 is 0 Å². The Morgan fingerprint density at radius 1 is 1.53 bits per heavy atom. The number of nitrogens with zero attached hydrogens (tertiary/aromatic N) is 1. The summed E-state index contributed by atoms with van der Waals surface area (Å²) in [5.74, 6) is -0.0596. The number of nitrogens with two attached hydrogens (primary N) is 1. The van der Waals surface area contributed by atoms with Gasteiger partial charge in [-0.3, -0.25) is 10.3 Å². The van der Waals surface area contributed by atoms with Crippen molar-refractivity contribution < 1.29 is 9.50 Å². The highest BCUT2D eigenvalue weighted by Crippen LogP contribution is 2.25. The average Bonchev–Trinajstić information content (AvgIpc) is 2.69. The zero-order valence-electron chi connectivity index (χ0n) is 11.1. The van der Waals surface area contributed by atoms with E-state index in [-0.39, 0.29) is 24.3 Å². The topological polar surface area (TPSA) is 73.3 Å². The fourth-order valence-corrected chi connectivity index (χ4v) is 2.71. The van der Waals surface area contributed by atoms with Crippen LogP contribution in [-0.2, 0) is 6.54 Å². The summed E-state index contributed by atoms with van der Waals surface area (Å²) < 4.78 is 13.5. The van der Waals surface area contributed by atoms with Gasteiger partial charge in [0.1, 0.15) is 11.7 Å². The second-order valence-electron chi connectivity index (χ2n) is 5.25. The molecule has 4 nitrogen and oxygen atoms in total. The molecule has 0 saturated carbocycles. The summed E-state index contributed by atoms with van der Waals surface area (Å²) in [4.78, 5) is 2.16. The van der Waals surface area contributed by atoms with Crippen molar-refractivity contribution in [2.45, 2.75) is 25.9 Å². The van der Waals surface area contributed by atoms with Crippen LogP contribution >= 0.6 is 0 Å². The monoisotopic (exact) mass is 265 g/mol. The van der Waals surface area contributed by atoms with E-state index in [9.17, 15) is 9.50 Å². The number of hydrogen-bond acceptors (Lipinski definition) is 3. The number of hydrogen-bond donors (Lipinski definition) is 3. The Labute approximate surface area is 112 Å². The number of aliphatic hydroxyl groups is 1. The molecular weight excluding hydrogens is 245 g/mol. The van der Waals surface area contributed by atoms with Gasteiger partial charge in [0.05, 0.1) is 6.61 Å². The molecule has 1 aliphatic rings. The number of nitrogens with one attached hydrogen (secondary N) is 1. The Kier molecular flexibility index (Phi) is 4.17. The fourth-order valence-electron chi connectivity index (χ4n) is 2.71. The normalized spacial score (nSPS) is 23.7. The van der Waals surface area contributed by atoms with Crippen LogP contribution in [-0.4, -0.2) is 35.0 Å². The summed E-state index contributed by atoms with van der Waals surface area (Å²) in [6.45, 7) is 3.72. The van der Waals surface area contributed by atoms with E-state index in [1.807, 2.05) is 0 Å². The molecule has 1 aliphatic heterocycles. The van der Waals surface area contributed by atoms with Gasteiger partial charge in [0.25, 0.3) is 0 Å². The van der Waals surface area contributed by atoms with E-state index in [2.05, 4.69) is 11.8 Å². The zero-order valence-corrected chi connectivity index (χ0v) is 11.1. The van der Waals surface area contributed by atoms with E-state index in [0.717, 1.165) is 18.5 Å². The molecule has 5 heteroatoms. The number of nitrogen functional groups attached to an aromatic ring is 1. The van der Waals surface area contributed by atoms with Crippen LogP contribution < -0.4 is 5.73 Å². The largest absolute Gasteiger partial charge is 0.395 e. The van der Waals surface area contributed by atoms with Crippen molar-refractivity contribution in [3.8, 4) is 0 Å². The third-order valence-corrected chi connectivity index (χ3v) is 3.84. The highest BCUT2D eigenvalue weighted by molar-refractivity contribution is 5.95. The van der Waals surface area contributed by atoms with Crippen molar-refractivity contribution in [2.75, 3.05) is 13.2 Å². The summed E-state index contributed by atoms with van der Waals surface area (Å²) >= 11 is 0. The third-order valence-electron chi connectivity index (χ3n) is 3.84. The summed E-state index contributed by atoms with van der Waals surface area (Å²) in [6, 6.07) is 4.60. The SMILES string of the molecule is CC1CCN(Cc2cc(F)cc(C(=N)N)c2)C1CO. The molecule has 0 amide bonds. The van der Waals surface area contributed by atoms with E-state index >= 15 is 0 Å². The Morgan fingerprint density at radius 3 is 2.89 bits per heavy atom. The van der Waals surface area contributed by atoms with Crippen molar-refractivity contribution in [3.05, 3.63) is 35.1 Å². The van der Waals surface area contributed by atoms with Gasteiger partial charge < -0.3 is 10.8 Å². The molecule has 2 unspecified atom stereocenters. The highest BCUT2D eigenvalue weighted by atomic mass is 19.1. The minimum absolute atomic E-state index is 0.121. The Hall–Kier alpha value is -1.46. The van der Waals surface area contributed by atoms with Gasteiger partial charge in [0.15, 0.2) is 0 Å². The van der Waals surface area contributed by atoms with Gasteiger partial charge in [0.2, 0.25) is 0 Å². The first-order chi connectivity index (χ1) is 9.01. The lowest BCUT2D eigenvalue weighted by molar-refractivity contribution is 0.134. The van der Waals surface area contributed by atoms with Gasteiger partial charge in [-0.25, -0.2) is 4.39 Å². The number of benzene rings is 1. The summed E-state index contributed by atoms with van der Waals surface area (Å²) in [5.41, 5.74) is 6.59. The van der Waals surface area contributed by atoms with Crippen LogP contribution in [0.2, 0.25) is 0 Å². The molecule has 2 rings (SSSR count). The Morgan fingerprint density at radius 2 is 2.26 bits per heavy atom. The standard InChI is InChI=1S/C14H20FN3O/c1-9-2-3-18(13(9)8-19)7-10-4-11(14(16)17)6-12(15)5-10/h4-6,9,13,19H,2-3,7-8H2,1H3,(H3,16,17). The molecular formula is C14H20FN3O. The molecule has 19 heavy (non-hydrogen) atoms. The van der Waals surface area contributed by atoms with E-state index < -0.39 is 0 Å². The first-order valence-corrected chi connectivity index (χ1v) is 6.50. The quantitative estimate of drug-likeness (QED) is 0.567. The number of rotatable bonds is 4. The number of likely N-dealkylation sites (tertiary alicyclic amines) is 1. The molecule has 1 aromatic carbocycles. The summed E-state index contributed by atoms with van der Waals surface area (Å²) in [6.07, 6.45) is 1.04. The Balaban J connectivity index is 2.17. The summed E-state index contributed by atoms with van der Waals surface area (Å²) in [5, 5.41) is 16.8. The lowest BCUT2D eigenvalue weighted by Crippen LogP contribution is -2.34. The molecule has 104 valence electrons. The lowest BCUT2D eigenvalue weighted by atomic mass is 10.0. The third kappa shape index (κ3) is 3.11. The van der Waals surface area contributed by atoms with Crippen LogP contribution in [0.25, 0.3) is 0 Å². The molecule has 1 heterocycles. The molecule has 1 saturated heterocycles. The molecule has 4 N–H and O–H groups in total. The zero-order chi connectivity index (χ0) is 14.0. The molecule has 1 aromatic rings. The number of aliphatic hydroxyl groups excluding tert-OH is 1. The minimum atomic E-state index is -0.379. The van der Waals surface area contributed by atoms with Gasteiger partial charge in [-0.2, -0.15) is 0 Å². The highest BCUT2D eigenvalue weighted by Gasteiger charge is 2.30. The van der Waals surface area contributed by atoms with Crippen LogP contribution in [0.15, 0.2) is 18.2 Å². The predicted octanol–water partition coefficient (Wildman–Crippen LogP) is 1.31. The van der Waals surface area contributed by atoms with Crippen LogP contribution in [0.4, 0.5) is 4.39 Å². The average molecular weight is 265 g/mol. The Bertz CT molecular complexity index is 478. The van der Waals surface area contributed by atoms with Gasteiger partial charge in [0, 0.05) is 18.2 Å². The maximum absolute atomic E-state index is 13.5. The lowest BCUT2D eigenvalue weighted by Gasteiger charge is -2.25. The van der Waals surface area contributed by atoms with Crippen molar-refractivity contribution in [1.82, 2.24) is 4.90 Å². The second-order valence-corrected chi connectivity index (χ2v) is 5.25. The molecule has 0 aliphatic carbocycles. The molecule has 2 atom stereocenters. The predicted molar refractivity (Wildman–Crippen MR) is 72.5 cm³/mol. The first kappa shape index (κ1) is 14.0. The van der Waals surface area contributed by atoms with Crippen LogP contribution in [0.5, 0.6) is 0 Å². The van der Waals surface area contributed by atoms with Crippen molar-refractivity contribution in [3.63, 3.8) is 0 Å². The van der Waals surface area contributed by atoms with E-state index in [4.69, 9.17) is 11.1 Å². The fraction of sp³-hybridized carbons (Fsp3) is 0.500. The van der Waals surface area contributed by atoms with Crippen LogP contribution in [0.3, 0.4) is 0 Å². The van der Waals surface area contributed by atoms with E-state index in [1.165, 1.54) is 12.1 Å². The van der Waals surface area contributed by atoms with E-state index in [1.54, 1.807) is 6.07 Å². The second kappa shape index (κ2) is 5.67. The molecule has 1 fully saturated rings. The van der Waals surface area contributed by atoms with Crippen LogP contribution in [0.1, 0.15) is 24.5 Å². The number of amidine groups is 1.